The average Bonchev–Trinajstić information content (AvgIpc) is 4.21. The molecule has 3 nitrogen and oxygen atoms in total. The fourth-order valence-corrected chi connectivity index (χ4v) is 14.4. The van der Waals surface area contributed by atoms with Crippen LogP contribution in [0.5, 0.6) is 23.0 Å². The van der Waals surface area contributed by atoms with E-state index in [4.69, 9.17) is 9.47 Å². The molecule has 0 saturated carbocycles. The molecule has 17 rings (SSSR count). The Labute approximate surface area is 458 Å². The Morgan fingerprint density at radius 3 is 1.29 bits per heavy atom. The van der Waals surface area contributed by atoms with Crippen LogP contribution in [0.4, 0.5) is 17.1 Å². The van der Waals surface area contributed by atoms with Crippen molar-refractivity contribution in [1.29, 1.82) is 0 Å². The largest absolute Gasteiger partial charge is 0.457 e. The van der Waals surface area contributed by atoms with Crippen LogP contribution in [0.3, 0.4) is 0 Å². The van der Waals surface area contributed by atoms with Crippen LogP contribution in [-0.2, 0) is 10.8 Å². The molecular weight excluding hydrogens is 959 g/mol. The van der Waals surface area contributed by atoms with E-state index in [1.165, 1.54) is 77.4 Å². The van der Waals surface area contributed by atoms with Crippen molar-refractivity contribution < 1.29 is 9.47 Å². The van der Waals surface area contributed by atoms with E-state index < -0.39 is 10.8 Å². The van der Waals surface area contributed by atoms with Crippen molar-refractivity contribution in [2.24, 2.45) is 0 Å². The fraction of sp³-hybridized carbons (Fsp3) is 0.0263. The van der Waals surface area contributed by atoms with Gasteiger partial charge in [-0.15, -0.1) is 0 Å². The first-order valence-electron chi connectivity index (χ1n) is 27.3. The molecule has 0 atom stereocenters. The van der Waals surface area contributed by atoms with E-state index in [1.807, 2.05) is 0 Å². The number of para-hydroxylation sites is 4. The molecule has 0 unspecified atom stereocenters. The monoisotopic (exact) mass is 1010 g/mol. The minimum Gasteiger partial charge on any atom is -0.457 e. The summed E-state index contributed by atoms with van der Waals surface area (Å²) in [7, 11) is 0. The van der Waals surface area contributed by atoms with Crippen LogP contribution in [0, 0.1) is 0 Å². The van der Waals surface area contributed by atoms with E-state index in [0.717, 1.165) is 73.3 Å². The van der Waals surface area contributed by atoms with Crippen molar-refractivity contribution in [2.45, 2.75) is 10.8 Å². The highest BCUT2D eigenvalue weighted by Gasteiger charge is 2.54. The van der Waals surface area contributed by atoms with Crippen molar-refractivity contribution in [2.75, 3.05) is 4.90 Å². The molecule has 79 heavy (non-hydrogen) atoms. The van der Waals surface area contributed by atoms with E-state index in [9.17, 15) is 0 Å². The highest BCUT2D eigenvalue weighted by atomic mass is 16.5. The molecule has 13 aromatic carbocycles. The summed E-state index contributed by atoms with van der Waals surface area (Å²) in [5.74, 6) is 3.48. The van der Waals surface area contributed by atoms with Crippen molar-refractivity contribution >= 4 is 38.6 Å². The normalized spacial score (nSPS) is 14.0. The van der Waals surface area contributed by atoms with Gasteiger partial charge in [0.2, 0.25) is 0 Å². The van der Waals surface area contributed by atoms with E-state index in [2.05, 4.69) is 290 Å². The zero-order valence-electron chi connectivity index (χ0n) is 42.9. The summed E-state index contributed by atoms with van der Waals surface area (Å²) in [5, 5.41) is 4.81. The number of anilines is 3. The van der Waals surface area contributed by atoms with Crippen molar-refractivity contribution in [3.05, 3.63) is 330 Å². The van der Waals surface area contributed by atoms with Crippen LogP contribution in [0.25, 0.3) is 66.1 Å². The van der Waals surface area contributed by atoms with Gasteiger partial charge < -0.3 is 14.4 Å². The first-order chi connectivity index (χ1) is 39.2. The molecule has 0 radical (unpaired) electrons. The maximum atomic E-state index is 6.92. The summed E-state index contributed by atoms with van der Waals surface area (Å²) in [4.78, 5) is 2.53. The van der Waals surface area contributed by atoms with Gasteiger partial charge in [0.1, 0.15) is 23.0 Å². The summed E-state index contributed by atoms with van der Waals surface area (Å²) in [6.07, 6.45) is 0. The van der Waals surface area contributed by atoms with Crippen LogP contribution in [0.2, 0.25) is 0 Å². The molecule has 0 saturated heterocycles. The maximum Gasteiger partial charge on any atom is 0.132 e. The Bertz CT molecular complexity index is 4580. The second-order valence-corrected chi connectivity index (χ2v) is 21.4. The number of rotatable bonds is 5. The van der Waals surface area contributed by atoms with E-state index in [0.29, 0.717) is 0 Å². The molecular formula is C76H47NO2. The fourth-order valence-electron chi connectivity index (χ4n) is 14.4. The molecule has 0 aromatic heterocycles. The summed E-state index contributed by atoms with van der Waals surface area (Å²) in [5.41, 5.74) is 21.0. The van der Waals surface area contributed by atoms with Crippen LogP contribution in [-0.4, -0.2) is 0 Å². The Balaban J connectivity index is 0.962. The predicted molar refractivity (Wildman–Crippen MR) is 322 cm³/mol. The van der Waals surface area contributed by atoms with Gasteiger partial charge in [-0.25, -0.2) is 0 Å². The molecule has 2 aliphatic carbocycles. The highest BCUT2D eigenvalue weighted by molar-refractivity contribution is 6.16. The minimum absolute atomic E-state index is 0.656. The molecule has 4 aliphatic rings. The third-order valence-electron chi connectivity index (χ3n) is 17.6. The van der Waals surface area contributed by atoms with Crippen LogP contribution in [0.1, 0.15) is 44.5 Å². The molecule has 0 amide bonds. The van der Waals surface area contributed by atoms with Crippen molar-refractivity contribution in [3.8, 4) is 67.5 Å². The van der Waals surface area contributed by atoms with E-state index >= 15 is 0 Å². The van der Waals surface area contributed by atoms with Crippen molar-refractivity contribution in [3.63, 3.8) is 0 Å². The Morgan fingerprint density at radius 2 is 0.684 bits per heavy atom. The number of fused-ring (bicyclic) bond motifs is 22. The summed E-state index contributed by atoms with van der Waals surface area (Å²) < 4.78 is 13.7. The van der Waals surface area contributed by atoms with Gasteiger partial charge in [0.25, 0.3) is 0 Å². The van der Waals surface area contributed by atoms with Gasteiger partial charge in [-0.05, 0) is 138 Å². The minimum atomic E-state index is -0.723. The third kappa shape index (κ3) is 6.02. The number of ether oxygens (including phenoxy) is 2. The second kappa shape index (κ2) is 16.6. The quantitative estimate of drug-likeness (QED) is 0.171. The average molecular weight is 1010 g/mol. The molecule has 0 N–H and O–H groups in total. The summed E-state index contributed by atoms with van der Waals surface area (Å²) in [6.45, 7) is 0. The zero-order valence-corrected chi connectivity index (χ0v) is 42.9. The van der Waals surface area contributed by atoms with Gasteiger partial charge in [0.15, 0.2) is 0 Å². The molecule has 368 valence electrons. The number of hydrogen-bond donors (Lipinski definition) is 0. The molecule has 0 bridgehead atoms. The van der Waals surface area contributed by atoms with Gasteiger partial charge in [-0.2, -0.15) is 0 Å². The first kappa shape index (κ1) is 44.0. The number of hydrogen-bond acceptors (Lipinski definition) is 3. The highest BCUT2D eigenvalue weighted by Crippen LogP contribution is 2.67. The molecule has 2 spiro atoms. The lowest BCUT2D eigenvalue weighted by molar-refractivity contribution is 0.436. The molecule has 2 aliphatic heterocycles. The molecule has 0 fully saturated rings. The predicted octanol–water partition coefficient (Wildman–Crippen LogP) is 19.7. The standard InChI is InChI=1S/C76H47NO2/c1-2-18-48(19-3-1)49-34-36-50(37-35-49)51-38-41-53(42-39-51)77(54-43-44-57-56-22-8-9-25-60(56)75(66(57)46-54)61-26-10-14-30-69(61)78-70-31-15-11-27-62(70)75)68-47-67-74(59-24-7-6-23-58(59)68)73-55-21-5-4-20-52(55)40-45-65(73)76(67)63-28-12-16-32-71(63)79-72-33-17-13-29-64(72)76/h1-47H. The number of benzene rings is 13. The molecule has 13 aromatic rings. The first-order valence-corrected chi connectivity index (χ1v) is 27.3. The van der Waals surface area contributed by atoms with Crippen molar-refractivity contribution in [1.82, 2.24) is 0 Å². The SMILES string of the molecule is c1ccc(-c2ccc(-c3ccc(N(c4ccc5c(c4)C4(c6ccccc6Oc6ccccc64)c4ccccc4-5)c4cc5c(c6ccccc46)-c4c(ccc6ccccc46)C54c5ccccc5Oc5ccccc54)cc3)cc2)cc1. The second-order valence-electron chi connectivity index (χ2n) is 21.4. The van der Waals surface area contributed by atoms with Gasteiger partial charge in [-0.3, -0.25) is 0 Å². The van der Waals surface area contributed by atoms with Crippen LogP contribution < -0.4 is 14.4 Å². The maximum absolute atomic E-state index is 6.92. The lowest BCUT2D eigenvalue weighted by Crippen LogP contribution is -2.32. The Kier molecular flexibility index (Phi) is 9.26. The van der Waals surface area contributed by atoms with Crippen LogP contribution >= 0.6 is 0 Å². The lowest BCUT2D eigenvalue weighted by atomic mass is 9.65. The van der Waals surface area contributed by atoms with Gasteiger partial charge in [-0.1, -0.05) is 231 Å². The summed E-state index contributed by atoms with van der Waals surface area (Å²) in [6, 6.07) is 105. The van der Waals surface area contributed by atoms with Gasteiger partial charge in [0, 0.05) is 39.0 Å². The summed E-state index contributed by atoms with van der Waals surface area (Å²) >= 11 is 0. The topological polar surface area (TPSA) is 21.7 Å². The van der Waals surface area contributed by atoms with Gasteiger partial charge in [0.05, 0.1) is 16.5 Å². The van der Waals surface area contributed by atoms with E-state index in [1.54, 1.807) is 0 Å². The third-order valence-corrected chi connectivity index (χ3v) is 17.6. The zero-order chi connectivity index (χ0) is 51.8. The van der Waals surface area contributed by atoms with Gasteiger partial charge >= 0.3 is 0 Å². The smallest absolute Gasteiger partial charge is 0.132 e. The number of nitrogens with zero attached hydrogens (tertiary/aromatic N) is 1. The Morgan fingerprint density at radius 1 is 0.253 bits per heavy atom. The molecule has 3 heteroatoms. The Hall–Kier alpha value is -10.2. The molecule has 2 heterocycles. The van der Waals surface area contributed by atoms with E-state index in [-0.39, 0.29) is 0 Å². The van der Waals surface area contributed by atoms with Crippen LogP contribution in [0.15, 0.2) is 285 Å². The lowest BCUT2D eigenvalue weighted by Gasteiger charge is -2.40.